The van der Waals surface area contributed by atoms with E-state index in [4.69, 9.17) is 15.6 Å². The summed E-state index contributed by atoms with van der Waals surface area (Å²) in [6.07, 6.45) is 1.55. The number of ether oxygens (including phenoxy) is 1. The summed E-state index contributed by atoms with van der Waals surface area (Å²) in [5.74, 6) is 0.883. The summed E-state index contributed by atoms with van der Waals surface area (Å²) >= 11 is 0. The lowest BCUT2D eigenvalue weighted by Crippen LogP contribution is -2.11. The Hall–Kier alpha value is -1.06. The van der Waals surface area contributed by atoms with Crippen molar-refractivity contribution < 1.29 is 9.84 Å². The molecule has 3 nitrogen and oxygen atoms in total. The van der Waals surface area contributed by atoms with Gasteiger partial charge in [0.2, 0.25) is 0 Å². The van der Waals surface area contributed by atoms with Crippen molar-refractivity contribution in [3.8, 4) is 5.75 Å². The van der Waals surface area contributed by atoms with Crippen LogP contribution in [0.4, 0.5) is 0 Å². The van der Waals surface area contributed by atoms with Gasteiger partial charge < -0.3 is 15.6 Å². The second-order valence-electron chi connectivity index (χ2n) is 3.70. The molecule has 0 radical (unpaired) electrons. The molecule has 0 fully saturated rings. The van der Waals surface area contributed by atoms with Crippen molar-refractivity contribution in [2.24, 2.45) is 5.73 Å². The van der Waals surface area contributed by atoms with E-state index in [-0.39, 0.29) is 12.6 Å². The SMILES string of the molecule is COc1ccc(C(N)CCCO)cc1C. The van der Waals surface area contributed by atoms with Crippen LogP contribution in [-0.2, 0) is 0 Å². The Labute approximate surface area is 90.9 Å². The fraction of sp³-hybridized carbons (Fsp3) is 0.500. The normalized spacial score (nSPS) is 12.5. The molecule has 1 rings (SSSR count). The van der Waals surface area contributed by atoms with Gasteiger partial charge in [0.25, 0.3) is 0 Å². The summed E-state index contributed by atoms with van der Waals surface area (Å²) < 4.78 is 5.18. The van der Waals surface area contributed by atoms with Crippen molar-refractivity contribution in [3.63, 3.8) is 0 Å². The van der Waals surface area contributed by atoms with Crippen molar-refractivity contribution >= 4 is 0 Å². The maximum absolute atomic E-state index is 8.72. The fourth-order valence-corrected chi connectivity index (χ4v) is 1.61. The van der Waals surface area contributed by atoms with Crippen LogP contribution in [0.5, 0.6) is 5.75 Å². The van der Waals surface area contributed by atoms with Crippen molar-refractivity contribution in [1.82, 2.24) is 0 Å². The average molecular weight is 209 g/mol. The first kappa shape index (κ1) is 12.0. The van der Waals surface area contributed by atoms with Gasteiger partial charge in [-0.05, 0) is 37.0 Å². The number of rotatable bonds is 5. The minimum atomic E-state index is 0.00163. The van der Waals surface area contributed by atoms with Crippen LogP contribution in [0.2, 0.25) is 0 Å². The molecule has 0 aromatic heterocycles. The standard InChI is InChI=1S/C12H19NO2/c1-9-8-10(5-6-12(9)15-2)11(13)4-3-7-14/h5-6,8,11,14H,3-4,7,13H2,1-2H3. The summed E-state index contributed by atoms with van der Waals surface area (Å²) in [6.45, 7) is 2.20. The Morgan fingerprint density at radius 1 is 1.47 bits per heavy atom. The van der Waals surface area contributed by atoms with E-state index in [2.05, 4.69) is 0 Å². The van der Waals surface area contributed by atoms with E-state index in [1.54, 1.807) is 7.11 Å². The van der Waals surface area contributed by atoms with Gasteiger partial charge in [-0.3, -0.25) is 0 Å². The predicted octanol–water partition coefficient (Wildman–Crippen LogP) is 1.78. The molecule has 84 valence electrons. The lowest BCUT2D eigenvalue weighted by molar-refractivity contribution is 0.280. The van der Waals surface area contributed by atoms with Crippen LogP contribution >= 0.6 is 0 Å². The van der Waals surface area contributed by atoms with Crippen molar-refractivity contribution in [3.05, 3.63) is 29.3 Å². The minimum Gasteiger partial charge on any atom is -0.496 e. The van der Waals surface area contributed by atoms with E-state index < -0.39 is 0 Å². The monoisotopic (exact) mass is 209 g/mol. The van der Waals surface area contributed by atoms with Gasteiger partial charge in [0.15, 0.2) is 0 Å². The zero-order chi connectivity index (χ0) is 11.3. The third kappa shape index (κ3) is 3.22. The molecule has 0 saturated carbocycles. The molecule has 0 amide bonds. The van der Waals surface area contributed by atoms with Crippen molar-refractivity contribution in [1.29, 1.82) is 0 Å². The third-order valence-electron chi connectivity index (χ3n) is 2.52. The zero-order valence-corrected chi connectivity index (χ0v) is 9.36. The predicted molar refractivity (Wildman–Crippen MR) is 61.0 cm³/mol. The lowest BCUT2D eigenvalue weighted by atomic mass is 10.0. The Kier molecular flexibility index (Phi) is 4.59. The van der Waals surface area contributed by atoms with E-state index in [0.29, 0.717) is 0 Å². The number of hydrogen-bond donors (Lipinski definition) is 2. The van der Waals surface area contributed by atoms with Crippen LogP contribution in [0, 0.1) is 6.92 Å². The number of nitrogens with two attached hydrogens (primary N) is 1. The largest absolute Gasteiger partial charge is 0.496 e. The number of aryl methyl sites for hydroxylation is 1. The highest BCUT2D eigenvalue weighted by atomic mass is 16.5. The molecule has 0 aliphatic carbocycles. The van der Waals surface area contributed by atoms with Crippen LogP contribution in [-0.4, -0.2) is 18.8 Å². The van der Waals surface area contributed by atoms with E-state index >= 15 is 0 Å². The minimum absolute atomic E-state index is 0.00163. The van der Waals surface area contributed by atoms with Gasteiger partial charge in [-0.25, -0.2) is 0 Å². The second-order valence-corrected chi connectivity index (χ2v) is 3.70. The van der Waals surface area contributed by atoms with Crippen LogP contribution in [0.3, 0.4) is 0 Å². The molecule has 1 atom stereocenters. The van der Waals surface area contributed by atoms with Crippen LogP contribution in [0.25, 0.3) is 0 Å². The molecule has 1 aromatic rings. The average Bonchev–Trinajstić information content (AvgIpc) is 2.25. The number of aliphatic hydroxyl groups excluding tert-OH is 1. The van der Waals surface area contributed by atoms with Gasteiger partial charge >= 0.3 is 0 Å². The van der Waals surface area contributed by atoms with E-state index in [0.717, 1.165) is 29.7 Å². The van der Waals surface area contributed by atoms with Gasteiger partial charge in [0, 0.05) is 12.6 Å². The second kappa shape index (κ2) is 5.73. The molecule has 0 spiro atoms. The van der Waals surface area contributed by atoms with Crippen LogP contribution in [0.15, 0.2) is 18.2 Å². The quantitative estimate of drug-likeness (QED) is 0.777. The number of aliphatic hydroxyl groups is 1. The topological polar surface area (TPSA) is 55.5 Å². The van der Waals surface area contributed by atoms with Gasteiger partial charge in [0.05, 0.1) is 7.11 Å². The third-order valence-corrected chi connectivity index (χ3v) is 2.52. The molecule has 15 heavy (non-hydrogen) atoms. The summed E-state index contributed by atoms with van der Waals surface area (Å²) in [5.41, 5.74) is 8.18. The Bertz CT molecular complexity index is 312. The molecule has 1 aromatic carbocycles. The molecular weight excluding hydrogens is 190 g/mol. The maximum Gasteiger partial charge on any atom is 0.121 e. The van der Waals surface area contributed by atoms with Crippen molar-refractivity contribution in [2.45, 2.75) is 25.8 Å². The summed E-state index contributed by atoms with van der Waals surface area (Å²) in [4.78, 5) is 0. The Morgan fingerprint density at radius 2 is 2.20 bits per heavy atom. The summed E-state index contributed by atoms with van der Waals surface area (Å²) in [6, 6.07) is 5.96. The molecular formula is C12H19NO2. The van der Waals surface area contributed by atoms with Crippen LogP contribution < -0.4 is 10.5 Å². The number of methoxy groups -OCH3 is 1. The molecule has 0 heterocycles. The summed E-state index contributed by atoms with van der Waals surface area (Å²) in [7, 11) is 1.66. The summed E-state index contributed by atoms with van der Waals surface area (Å²) in [5, 5.41) is 8.72. The fourth-order valence-electron chi connectivity index (χ4n) is 1.61. The Balaban J connectivity index is 2.73. The van der Waals surface area contributed by atoms with E-state index in [9.17, 15) is 0 Å². The maximum atomic E-state index is 8.72. The van der Waals surface area contributed by atoms with Gasteiger partial charge in [-0.15, -0.1) is 0 Å². The number of hydrogen-bond acceptors (Lipinski definition) is 3. The lowest BCUT2D eigenvalue weighted by Gasteiger charge is -2.13. The molecule has 0 bridgehead atoms. The van der Waals surface area contributed by atoms with Gasteiger partial charge in [-0.2, -0.15) is 0 Å². The molecule has 3 heteroatoms. The molecule has 0 saturated heterocycles. The van der Waals surface area contributed by atoms with E-state index in [1.165, 1.54) is 0 Å². The van der Waals surface area contributed by atoms with Crippen molar-refractivity contribution in [2.75, 3.05) is 13.7 Å². The molecule has 0 aliphatic rings. The molecule has 3 N–H and O–H groups in total. The molecule has 1 unspecified atom stereocenters. The van der Waals surface area contributed by atoms with Gasteiger partial charge in [-0.1, -0.05) is 12.1 Å². The molecule has 0 aliphatic heterocycles. The van der Waals surface area contributed by atoms with E-state index in [1.807, 2.05) is 25.1 Å². The zero-order valence-electron chi connectivity index (χ0n) is 9.36. The number of benzene rings is 1. The van der Waals surface area contributed by atoms with Crippen LogP contribution in [0.1, 0.15) is 30.0 Å². The first-order valence-corrected chi connectivity index (χ1v) is 5.20. The first-order valence-electron chi connectivity index (χ1n) is 5.20. The highest BCUT2D eigenvalue weighted by Gasteiger charge is 2.07. The Morgan fingerprint density at radius 3 is 2.73 bits per heavy atom. The van der Waals surface area contributed by atoms with Gasteiger partial charge in [0.1, 0.15) is 5.75 Å². The highest BCUT2D eigenvalue weighted by Crippen LogP contribution is 2.23. The first-order chi connectivity index (χ1) is 7.19. The smallest absolute Gasteiger partial charge is 0.121 e. The highest BCUT2D eigenvalue weighted by molar-refractivity contribution is 5.37.